The molecule has 0 aromatic carbocycles. The van der Waals surface area contributed by atoms with Gasteiger partial charge in [0.2, 0.25) is 0 Å². The Bertz CT molecular complexity index is 509. The van der Waals surface area contributed by atoms with Crippen LogP contribution in [0.4, 0.5) is 5.69 Å². The molecule has 2 heterocycles. The summed E-state index contributed by atoms with van der Waals surface area (Å²) in [5, 5.41) is 6.41. The zero-order valence-electron chi connectivity index (χ0n) is 9.29. The second-order valence-electron chi connectivity index (χ2n) is 3.56. The summed E-state index contributed by atoms with van der Waals surface area (Å²) in [6.45, 7) is 0.348. The number of nitrogen functional groups attached to an aromatic ring is 1. The summed E-state index contributed by atoms with van der Waals surface area (Å²) in [5.41, 5.74) is 6.48. The fourth-order valence-electron chi connectivity index (χ4n) is 1.41. The monoisotopic (exact) mass is 232 g/mol. The van der Waals surface area contributed by atoms with Crippen molar-refractivity contribution in [3.8, 4) is 0 Å². The summed E-state index contributed by atoms with van der Waals surface area (Å²) in [6.07, 6.45) is 4.38. The number of H-pyrrole nitrogens is 1. The highest BCUT2D eigenvalue weighted by Crippen LogP contribution is 2.12. The maximum Gasteiger partial charge on any atom is 0.256 e. The van der Waals surface area contributed by atoms with Gasteiger partial charge in [-0.15, -0.1) is 0 Å². The molecule has 88 valence electrons. The van der Waals surface area contributed by atoms with E-state index in [0.717, 1.165) is 0 Å². The molecule has 0 radical (unpaired) electrons. The van der Waals surface area contributed by atoms with Crippen molar-refractivity contribution < 1.29 is 4.79 Å². The third kappa shape index (κ3) is 2.39. The van der Waals surface area contributed by atoms with Crippen LogP contribution in [0, 0.1) is 0 Å². The van der Waals surface area contributed by atoms with Gasteiger partial charge in [0.25, 0.3) is 5.91 Å². The first-order valence-corrected chi connectivity index (χ1v) is 4.97. The Hall–Kier alpha value is -2.44. The van der Waals surface area contributed by atoms with Crippen LogP contribution in [0.2, 0.25) is 0 Å². The molecule has 0 bridgehead atoms. The van der Waals surface area contributed by atoms with Crippen LogP contribution in [0.5, 0.6) is 0 Å². The Balaban J connectivity index is 2.13. The highest BCUT2D eigenvalue weighted by molar-refractivity contribution is 5.98. The molecular weight excluding hydrogens is 220 g/mol. The summed E-state index contributed by atoms with van der Waals surface area (Å²) >= 11 is 0. The van der Waals surface area contributed by atoms with Crippen LogP contribution < -0.4 is 5.73 Å². The number of aromatic nitrogens is 4. The summed E-state index contributed by atoms with van der Waals surface area (Å²) in [7, 11) is 1.67. The second-order valence-corrected chi connectivity index (χ2v) is 3.56. The number of anilines is 1. The van der Waals surface area contributed by atoms with Crippen molar-refractivity contribution in [1.29, 1.82) is 0 Å². The van der Waals surface area contributed by atoms with E-state index in [1.165, 1.54) is 23.6 Å². The van der Waals surface area contributed by atoms with Crippen LogP contribution >= 0.6 is 0 Å². The molecule has 0 saturated carbocycles. The molecule has 0 atom stereocenters. The third-order valence-corrected chi connectivity index (χ3v) is 2.28. The van der Waals surface area contributed by atoms with E-state index >= 15 is 0 Å². The van der Waals surface area contributed by atoms with E-state index in [2.05, 4.69) is 20.2 Å². The molecular formula is C10H12N6O. The number of nitrogens with two attached hydrogens (primary N) is 1. The molecule has 2 aromatic rings. The van der Waals surface area contributed by atoms with Gasteiger partial charge in [-0.25, -0.2) is 4.98 Å². The number of pyridine rings is 1. The van der Waals surface area contributed by atoms with Crippen molar-refractivity contribution in [2.45, 2.75) is 6.54 Å². The molecule has 0 fully saturated rings. The van der Waals surface area contributed by atoms with E-state index in [9.17, 15) is 4.79 Å². The van der Waals surface area contributed by atoms with Gasteiger partial charge in [-0.2, -0.15) is 5.10 Å². The Kier molecular flexibility index (Phi) is 2.99. The molecule has 0 aliphatic rings. The van der Waals surface area contributed by atoms with E-state index in [1.807, 2.05) is 0 Å². The molecule has 2 aromatic heterocycles. The van der Waals surface area contributed by atoms with Crippen molar-refractivity contribution in [3.05, 3.63) is 36.2 Å². The van der Waals surface area contributed by atoms with Crippen LogP contribution in [-0.2, 0) is 6.54 Å². The molecule has 1 amide bonds. The molecule has 2 rings (SSSR count). The van der Waals surface area contributed by atoms with Crippen molar-refractivity contribution in [3.63, 3.8) is 0 Å². The average molecular weight is 232 g/mol. The molecule has 0 unspecified atom stereocenters. The summed E-state index contributed by atoms with van der Waals surface area (Å²) in [4.78, 5) is 21.3. The van der Waals surface area contributed by atoms with Crippen molar-refractivity contribution in [2.24, 2.45) is 0 Å². The summed E-state index contributed by atoms with van der Waals surface area (Å²) in [6, 6.07) is 1.59. The number of aromatic amines is 1. The number of amides is 1. The topological polar surface area (TPSA) is 101 Å². The maximum atomic E-state index is 12.0. The van der Waals surface area contributed by atoms with Crippen LogP contribution in [-0.4, -0.2) is 38.0 Å². The molecule has 17 heavy (non-hydrogen) atoms. The van der Waals surface area contributed by atoms with Crippen LogP contribution in [0.3, 0.4) is 0 Å². The highest BCUT2D eigenvalue weighted by Gasteiger charge is 2.15. The van der Waals surface area contributed by atoms with Crippen molar-refractivity contribution in [2.75, 3.05) is 12.8 Å². The third-order valence-electron chi connectivity index (χ3n) is 2.28. The molecule has 7 heteroatoms. The largest absolute Gasteiger partial charge is 0.397 e. The lowest BCUT2D eigenvalue weighted by molar-refractivity contribution is 0.0782. The molecule has 0 saturated heterocycles. The van der Waals surface area contributed by atoms with E-state index in [1.54, 1.807) is 13.1 Å². The predicted octanol–water partition coefficient (Wildman–Crippen LogP) is 0.0541. The number of rotatable bonds is 3. The fourth-order valence-corrected chi connectivity index (χ4v) is 1.41. The standard InChI is InChI=1S/C10H12N6O/c1-16(5-9-13-6-14-15-9)10(17)7-2-3-12-4-8(7)11/h2-4,6H,5,11H2,1H3,(H,13,14,15). The first-order chi connectivity index (χ1) is 8.18. The Morgan fingerprint density at radius 2 is 2.41 bits per heavy atom. The normalized spacial score (nSPS) is 10.2. The number of hydrogen-bond acceptors (Lipinski definition) is 5. The second kappa shape index (κ2) is 4.60. The van der Waals surface area contributed by atoms with Crippen LogP contribution in [0.15, 0.2) is 24.8 Å². The zero-order valence-corrected chi connectivity index (χ0v) is 9.29. The van der Waals surface area contributed by atoms with Crippen molar-refractivity contribution in [1.82, 2.24) is 25.1 Å². The summed E-state index contributed by atoms with van der Waals surface area (Å²) in [5.74, 6) is 0.440. The number of carbonyl (C=O) groups excluding carboxylic acids is 1. The zero-order chi connectivity index (χ0) is 12.3. The quantitative estimate of drug-likeness (QED) is 0.778. The lowest BCUT2D eigenvalue weighted by Crippen LogP contribution is -2.27. The van der Waals surface area contributed by atoms with Crippen molar-refractivity contribution >= 4 is 11.6 Å². The predicted molar refractivity (Wildman–Crippen MR) is 60.8 cm³/mol. The number of carbonyl (C=O) groups is 1. The highest BCUT2D eigenvalue weighted by atomic mass is 16.2. The maximum absolute atomic E-state index is 12.0. The first kappa shape index (κ1) is 11.1. The summed E-state index contributed by atoms with van der Waals surface area (Å²) < 4.78 is 0. The van der Waals surface area contributed by atoms with E-state index in [0.29, 0.717) is 23.6 Å². The minimum Gasteiger partial charge on any atom is -0.397 e. The van der Waals surface area contributed by atoms with E-state index < -0.39 is 0 Å². The van der Waals surface area contributed by atoms with Gasteiger partial charge >= 0.3 is 0 Å². The molecule has 3 N–H and O–H groups in total. The Labute approximate surface area is 97.7 Å². The van der Waals surface area contributed by atoms with E-state index in [4.69, 9.17) is 5.73 Å². The van der Waals surface area contributed by atoms with Gasteiger partial charge in [-0.1, -0.05) is 0 Å². The average Bonchev–Trinajstić information content (AvgIpc) is 2.81. The Morgan fingerprint density at radius 3 is 3.06 bits per heavy atom. The van der Waals surface area contributed by atoms with E-state index in [-0.39, 0.29) is 5.91 Å². The number of hydrogen-bond donors (Lipinski definition) is 2. The molecule has 0 aliphatic carbocycles. The fraction of sp³-hybridized carbons (Fsp3) is 0.200. The lowest BCUT2D eigenvalue weighted by Gasteiger charge is -2.16. The number of nitrogens with one attached hydrogen (secondary N) is 1. The SMILES string of the molecule is CN(Cc1ncn[nH]1)C(=O)c1ccncc1N. The first-order valence-electron chi connectivity index (χ1n) is 4.97. The van der Waals surface area contributed by atoms with Gasteiger partial charge in [0.1, 0.15) is 12.2 Å². The molecule has 7 nitrogen and oxygen atoms in total. The molecule has 0 spiro atoms. The van der Waals surface area contributed by atoms with Gasteiger partial charge in [-0.3, -0.25) is 14.9 Å². The van der Waals surface area contributed by atoms with Gasteiger partial charge in [0.05, 0.1) is 24.0 Å². The Morgan fingerprint density at radius 1 is 1.59 bits per heavy atom. The van der Waals surface area contributed by atoms with Crippen LogP contribution in [0.1, 0.15) is 16.2 Å². The van der Waals surface area contributed by atoms with Gasteiger partial charge in [0.15, 0.2) is 0 Å². The number of nitrogens with zero attached hydrogens (tertiary/aromatic N) is 4. The van der Waals surface area contributed by atoms with Gasteiger partial charge in [-0.05, 0) is 6.07 Å². The smallest absolute Gasteiger partial charge is 0.256 e. The van der Waals surface area contributed by atoms with Crippen LogP contribution in [0.25, 0.3) is 0 Å². The minimum absolute atomic E-state index is 0.179. The lowest BCUT2D eigenvalue weighted by atomic mass is 10.2. The molecule has 0 aliphatic heterocycles. The minimum atomic E-state index is -0.179. The van der Waals surface area contributed by atoms with Gasteiger partial charge in [0, 0.05) is 13.2 Å². The van der Waals surface area contributed by atoms with Gasteiger partial charge < -0.3 is 10.6 Å².